The van der Waals surface area contributed by atoms with E-state index in [1.165, 1.54) is 0 Å². The van der Waals surface area contributed by atoms with Crippen molar-refractivity contribution < 1.29 is 9.47 Å². The van der Waals surface area contributed by atoms with Crippen LogP contribution in [0.25, 0.3) is 11.2 Å². The van der Waals surface area contributed by atoms with Crippen LogP contribution < -0.4 is 0 Å². The van der Waals surface area contributed by atoms with Gasteiger partial charge in [0, 0.05) is 25.8 Å². The molecule has 4 heterocycles. The van der Waals surface area contributed by atoms with Crippen LogP contribution in [0.4, 0.5) is 0 Å². The van der Waals surface area contributed by atoms with Crippen molar-refractivity contribution in [1.29, 1.82) is 0 Å². The lowest BCUT2D eigenvalue weighted by Gasteiger charge is -2.16. The number of imidazole rings is 1. The average Bonchev–Trinajstić information content (AvgIpc) is 3.18. The quantitative estimate of drug-likeness (QED) is 0.859. The first kappa shape index (κ1) is 12.3. The number of fused-ring (bicyclic) bond motifs is 1. The summed E-state index contributed by atoms with van der Waals surface area (Å²) in [5.74, 6) is 1.10. The van der Waals surface area contributed by atoms with Crippen LogP contribution in [0.2, 0.25) is 0 Å². The molecule has 2 aliphatic rings. The largest absolute Gasteiger partial charge is 0.379 e. The first-order valence-electron chi connectivity index (χ1n) is 7.43. The van der Waals surface area contributed by atoms with Crippen LogP contribution >= 0.6 is 0 Å². The highest BCUT2D eigenvalue weighted by atomic mass is 16.5. The maximum absolute atomic E-state index is 5.77. The van der Waals surface area contributed by atoms with Gasteiger partial charge in [0.2, 0.25) is 0 Å². The van der Waals surface area contributed by atoms with Crippen LogP contribution in [0, 0.1) is 0 Å². The van der Waals surface area contributed by atoms with Gasteiger partial charge in [0.15, 0.2) is 5.65 Å². The zero-order valence-electron chi connectivity index (χ0n) is 11.5. The summed E-state index contributed by atoms with van der Waals surface area (Å²) in [6.45, 7) is 2.48. The molecule has 4 rings (SSSR count). The molecule has 5 heteroatoms. The maximum atomic E-state index is 5.77. The molecule has 2 unspecified atom stereocenters. The average molecular weight is 273 g/mol. The summed E-state index contributed by atoms with van der Waals surface area (Å²) < 4.78 is 13.6. The molecule has 0 aromatic carbocycles. The van der Waals surface area contributed by atoms with Gasteiger partial charge in [-0.15, -0.1) is 0 Å². The topological polar surface area (TPSA) is 49.2 Å². The maximum Gasteiger partial charge on any atom is 0.160 e. The summed E-state index contributed by atoms with van der Waals surface area (Å²) >= 11 is 0. The SMILES string of the molecule is c1cnc2c(c1)nc(CC1CCCO1)n2C1CCOC1. The van der Waals surface area contributed by atoms with E-state index in [4.69, 9.17) is 14.5 Å². The van der Waals surface area contributed by atoms with Gasteiger partial charge in [0.05, 0.1) is 18.8 Å². The van der Waals surface area contributed by atoms with Gasteiger partial charge in [0.25, 0.3) is 0 Å². The normalized spacial score (nSPS) is 26.6. The van der Waals surface area contributed by atoms with Gasteiger partial charge in [-0.25, -0.2) is 9.97 Å². The van der Waals surface area contributed by atoms with Crippen LogP contribution in [0.15, 0.2) is 18.3 Å². The second-order valence-corrected chi connectivity index (χ2v) is 5.60. The van der Waals surface area contributed by atoms with E-state index in [0.29, 0.717) is 12.1 Å². The molecule has 2 saturated heterocycles. The Morgan fingerprint density at radius 1 is 1.30 bits per heavy atom. The van der Waals surface area contributed by atoms with Gasteiger partial charge in [-0.1, -0.05) is 0 Å². The molecule has 0 radical (unpaired) electrons. The van der Waals surface area contributed by atoms with Crippen molar-refractivity contribution in [2.45, 2.75) is 37.8 Å². The van der Waals surface area contributed by atoms with E-state index >= 15 is 0 Å². The number of hydrogen-bond donors (Lipinski definition) is 0. The Hall–Kier alpha value is -1.46. The first-order valence-corrected chi connectivity index (χ1v) is 7.43. The molecular formula is C15H19N3O2. The third-order valence-electron chi connectivity index (χ3n) is 4.23. The zero-order valence-corrected chi connectivity index (χ0v) is 11.5. The summed E-state index contributed by atoms with van der Waals surface area (Å²) in [6.07, 6.45) is 6.38. The van der Waals surface area contributed by atoms with Gasteiger partial charge in [-0.3, -0.25) is 0 Å². The highest BCUT2D eigenvalue weighted by Gasteiger charge is 2.26. The van der Waals surface area contributed by atoms with Crippen molar-refractivity contribution >= 4 is 11.2 Å². The molecular weight excluding hydrogens is 254 g/mol. The molecule has 2 fully saturated rings. The fourth-order valence-corrected chi connectivity index (χ4v) is 3.24. The Balaban J connectivity index is 1.74. The second kappa shape index (κ2) is 5.14. The number of pyridine rings is 1. The molecule has 0 saturated carbocycles. The summed E-state index contributed by atoms with van der Waals surface area (Å²) in [5, 5.41) is 0. The van der Waals surface area contributed by atoms with Crippen molar-refractivity contribution in [2.24, 2.45) is 0 Å². The predicted molar refractivity (Wildman–Crippen MR) is 74.7 cm³/mol. The highest BCUT2D eigenvalue weighted by Crippen LogP contribution is 2.27. The molecule has 0 spiro atoms. The number of nitrogens with zero attached hydrogens (tertiary/aromatic N) is 3. The molecule has 106 valence electrons. The van der Waals surface area contributed by atoms with E-state index in [2.05, 4.69) is 9.55 Å². The van der Waals surface area contributed by atoms with Crippen molar-refractivity contribution in [1.82, 2.24) is 14.5 Å². The second-order valence-electron chi connectivity index (χ2n) is 5.60. The molecule has 0 aliphatic carbocycles. The molecule has 2 atom stereocenters. The number of aromatic nitrogens is 3. The third-order valence-corrected chi connectivity index (χ3v) is 4.23. The van der Waals surface area contributed by atoms with E-state index < -0.39 is 0 Å². The van der Waals surface area contributed by atoms with E-state index in [1.54, 1.807) is 0 Å². The molecule has 5 nitrogen and oxygen atoms in total. The van der Waals surface area contributed by atoms with Crippen molar-refractivity contribution in [3.63, 3.8) is 0 Å². The van der Waals surface area contributed by atoms with Gasteiger partial charge >= 0.3 is 0 Å². The Labute approximate surface area is 117 Å². The number of ether oxygens (including phenoxy) is 2. The highest BCUT2D eigenvalue weighted by molar-refractivity contribution is 5.71. The van der Waals surface area contributed by atoms with Crippen molar-refractivity contribution in [2.75, 3.05) is 19.8 Å². The van der Waals surface area contributed by atoms with Gasteiger partial charge in [0.1, 0.15) is 11.3 Å². The fourth-order valence-electron chi connectivity index (χ4n) is 3.24. The monoisotopic (exact) mass is 273 g/mol. The molecule has 2 aromatic heterocycles. The zero-order chi connectivity index (χ0) is 13.4. The lowest BCUT2D eigenvalue weighted by molar-refractivity contribution is 0.108. The molecule has 20 heavy (non-hydrogen) atoms. The molecule has 0 amide bonds. The van der Waals surface area contributed by atoms with Crippen LogP contribution in [-0.4, -0.2) is 40.5 Å². The minimum atomic E-state index is 0.313. The fraction of sp³-hybridized carbons (Fsp3) is 0.600. The van der Waals surface area contributed by atoms with Gasteiger partial charge in [-0.05, 0) is 31.4 Å². The Bertz CT molecular complexity index is 598. The van der Waals surface area contributed by atoms with Crippen molar-refractivity contribution in [3.05, 3.63) is 24.2 Å². The minimum Gasteiger partial charge on any atom is -0.379 e. The smallest absolute Gasteiger partial charge is 0.160 e. The van der Waals surface area contributed by atoms with E-state index in [-0.39, 0.29) is 0 Å². The standard InChI is InChI=1S/C15H19N3O2/c1-4-13-15(16-6-1)18(11-5-8-19-10-11)14(17-13)9-12-3-2-7-20-12/h1,4,6,11-12H,2-3,5,7-10H2. The van der Waals surface area contributed by atoms with E-state index in [9.17, 15) is 0 Å². The molecule has 2 aliphatic heterocycles. The Kier molecular flexibility index (Phi) is 3.16. The molecule has 0 N–H and O–H groups in total. The lowest BCUT2D eigenvalue weighted by atomic mass is 10.1. The predicted octanol–water partition coefficient (Wildman–Crippen LogP) is 2.11. The van der Waals surface area contributed by atoms with Crippen molar-refractivity contribution in [3.8, 4) is 0 Å². The summed E-state index contributed by atoms with van der Waals surface area (Å²) in [5.41, 5.74) is 1.96. The van der Waals surface area contributed by atoms with Crippen LogP contribution in [0.3, 0.4) is 0 Å². The van der Waals surface area contributed by atoms with Gasteiger partial charge < -0.3 is 14.0 Å². The van der Waals surface area contributed by atoms with Crippen LogP contribution in [0.1, 0.15) is 31.1 Å². The number of hydrogen-bond acceptors (Lipinski definition) is 4. The summed E-state index contributed by atoms with van der Waals surface area (Å²) in [7, 11) is 0. The molecule has 2 aromatic rings. The Morgan fingerprint density at radius 3 is 3.10 bits per heavy atom. The van der Waals surface area contributed by atoms with Gasteiger partial charge in [-0.2, -0.15) is 0 Å². The lowest BCUT2D eigenvalue weighted by Crippen LogP contribution is -2.18. The first-order chi connectivity index (χ1) is 9.92. The summed E-state index contributed by atoms with van der Waals surface area (Å²) in [4.78, 5) is 9.31. The van der Waals surface area contributed by atoms with E-state index in [0.717, 1.165) is 62.5 Å². The number of rotatable bonds is 3. The minimum absolute atomic E-state index is 0.313. The molecule has 0 bridgehead atoms. The van der Waals surface area contributed by atoms with Crippen LogP contribution in [-0.2, 0) is 15.9 Å². The van der Waals surface area contributed by atoms with E-state index in [1.807, 2.05) is 18.3 Å². The van der Waals surface area contributed by atoms with Crippen LogP contribution in [0.5, 0.6) is 0 Å². The summed E-state index contributed by atoms with van der Waals surface area (Å²) in [6, 6.07) is 4.35. The third kappa shape index (κ3) is 2.11. The Morgan fingerprint density at radius 2 is 2.30 bits per heavy atom.